The van der Waals surface area contributed by atoms with Crippen LogP contribution in [-0.4, -0.2) is 42.6 Å². The predicted octanol–water partition coefficient (Wildman–Crippen LogP) is 1.32. The van der Waals surface area contributed by atoms with Gasteiger partial charge in [0.1, 0.15) is 0 Å². The SMILES string of the molecule is CC1COCCN1C(C)C(=O)Nc1ccccc1N. The van der Waals surface area contributed by atoms with E-state index >= 15 is 0 Å². The van der Waals surface area contributed by atoms with Gasteiger partial charge in [-0.25, -0.2) is 0 Å². The van der Waals surface area contributed by atoms with Gasteiger partial charge in [0.25, 0.3) is 0 Å². The van der Waals surface area contributed by atoms with Gasteiger partial charge < -0.3 is 15.8 Å². The number of morpholine rings is 1. The summed E-state index contributed by atoms with van der Waals surface area (Å²) in [5.41, 5.74) is 7.07. The standard InChI is InChI=1S/C14H21N3O2/c1-10-9-19-8-7-17(10)11(2)14(18)16-13-6-4-3-5-12(13)15/h3-6,10-11H,7-9,15H2,1-2H3,(H,16,18). The van der Waals surface area contributed by atoms with Gasteiger partial charge in [-0.1, -0.05) is 12.1 Å². The Kier molecular flexibility index (Phi) is 4.39. The zero-order valence-electron chi connectivity index (χ0n) is 11.4. The lowest BCUT2D eigenvalue weighted by atomic mass is 10.1. The maximum atomic E-state index is 12.3. The van der Waals surface area contributed by atoms with Crippen molar-refractivity contribution < 1.29 is 9.53 Å². The number of hydrogen-bond acceptors (Lipinski definition) is 4. The van der Waals surface area contributed by atoms with Crippen molar-refractivity contribution in [2.45, 2.75) is 25.9 Å². The van der Waals surface area contributed by atoms with E-state index in [-0.39, 0.29) is 18.0 Å². The molecule has 0 spiro atoms. The highest BCUT2D eigenvalue weighted by molar-refractivity contribution is 5.97. The number of nitrogens with one attached hydrogen (secondary N) is 1. The molecule has 1 aromatic rings. The molecule has 5 nitrogen and oxygen atoms in total. The quantitative estimate of drug-likeness (QED) is 0.807. The molecule has 1 heterocycles. The molecule has 104 valence electrons. The first-order valence-electron chi connectivity index (χ1n) is 6.58. The van der Waals surface area contributed by atoms with Crippen LogP contribution in [0, 0.1) is 0 Å². The molecule has 0 radical (unpaired) electrons. The van der Waals surface area contributed by atoms with E-state index in [1.807, 2.05) is 25.1 Å². The molecule has 3 N–H and O–H groups in total. The van der Waals surface area contributed by atoms with E-state index in [1.54, 1.807) is 6.07 Å². The summed E-state index contributed by atoms with van der Waals surface area (Å²) in [5.74, 6) is -0.0355. The fraction of sp³-hybridized carbons (Fsp3) is 0.500. The highest BCUT2D eigenvalue weighted by atomic mass is 16.5. The molecule has 0 aromatic heterocycles. The van der Waals surface area contributed by atoms with Crippen molar-refractivity contribution in [2.24, 2.45) is 0 Å². The second-order valence-electron chi connectivity index (χ2n) is 4.91. The van der Waals surface area contributed by atoms with Gasteiger partial charge in [-0.3, -0.25) is 9.69 Å². The number of para-hydroxylation sites is 2. The third kappa shape index (κ3) is 3.24. The van der Waals surface area contributed by atoms with Crippen molar-refractivity contribution in [3.8, 4) is 0 Å². The Hall–Kier alpha value is -1.59. The third-order valence-electron chi connectivity index (χ3n) is 3.51. The number of carbonyl (C=O) groups is 1. The maximum Gasteiger partial charge on any atom is 0.241 e. The van der Waals surface area contributed by atoms with Crippen molar-refractivity contribution in [2.75, 3.05) is 30.8 Å². The van der Waals surface area contributed by atoms with Crippen molar-refractivity contribution >= 4 is 17.3 Å². The molecule has 2 atom stereocenters. The highest BCUT2D eigenvalue weighted by Gasteiger charge is 2.28. The lowest BCUT2D eigenvalue weighted by Gasteiger charge is -2.37. The van der Waals surface area contributed by atoms with Gasteiger partial charge in [0.05, 0.1) is 30.6 Å². The van der Waals surface area contributed by atoms with Crippen LogP contribution < -0.4 is 11.1 Å². The summed E-state index contributed by atoms with van der Waals surface area (Å²) in [6.45, 7) is 6.11. The summed E-state index contributed by atoms with van der Waals surface area (Å²) in [6.07, 6.45) is 0. The molecule has 1 saturated heterocycles. The van der Waals surface area contributed by atoms with Crippen LogP contribution in [0.1, 0.15) is 13.8 Å². The van der Waals surface area contributed by atoms with Crippen LogP contribution in [0.3, 0.4) is 0 Å². The van der Waals surface area contributed by atoms with Gasteiger partial charge in [-0.2, -0.15) is 0 Å². The van der Waals surface area contributed by atoms with Gasteiger partial charge in [-0.15, -0.1) is 0 Å². The number of benzene rings is 1. The largest absolute Gasteiger partial charge is 0.397 e. The van der Waals surface area contributed by atoms with Crippen LogP contribution in [0.2, 0.25) is 0 Å². The summed E-state index contributed by atoms with van der Waals surface area (Å²) in [7, 11) is 0. The topological polar surface area (TPSA) is 67.6 Å². The summed E-state index contributed by atoms with van der Waals surface area (Å²) >= 11 is 0. The van der Waals surface area contributed by atoms with Crippen molar-refractivity contribution in [3.05, 3.63) is 24.3 Å². The number of hydrogen-bond donors (Lipinski definition) is 2. The Morgan fingerprint density at radius 1 is 1.53 bits per heavy atom. The van der Waals surface area contributed by atoms with E-state index in [9.17, 15) is 4.79 Å². The summed E-state index contributed by atoms with van der Waals surface area (Å²) in [4.78, 5) is 14.4. The van der Waals surface area contributed by atoms with E-state index in [0.29, 0.717) is 24.6 Å². The number of anilines is 2. The fourth-order valence-electron chi connectivity index (χ4n) is 2.31. The molecule has 1 aromatic carbocycles. The van der Waals surface area contributed by atoms with E-state index in [1.165, 1.54) is 0 Å². The highest BCUT2D eigenvalue weighted by Crippen LogP contribution is 2.18. The number of nitrogens with two attached hydrogens (primary N) is 1. The van der Waals surface area contributed by atoms with Crippen LogP contribution >= 0.6 is 0 Å². The summed E-state index contributed by atoms with van der Waals surface area (Å²) < 4.78 is 5.39. The van der Waals surface area contributed by atoms with Crippen molar-refractivity contribution in [1.82, 2.24) is 4.90 Å². The molecule has 1 amide bonds. The molecular formula is C14H21N3O2. The van der Waals surface area contributed by atoms with Crippen LogP contribution in [0.5, 0.6) is 0 Å². The average Bonchev–Trinajstić information content (AvgIpc) is 2.41. The van der Waals surface area contributed by atoms with Crippen LogP contribution in [0.15, 0.2) is 24.3 Å². The first-order chi connectivity index (χ1) is 9.09. The lowest BCUT2D eigenvalue weighted by molar-refractivity contribution is -0.124. The lowest BCUT2D eigenvalue weighted by Crippen LogP contribution is -2.52. The monoisotopic (exact) mass is 263 g/mol. The molecule has 2 unspecified atom stereocenters. The zero-order chi connectivity index (χ0) is 13.8. The normalized spacial score (nSPS) is 21.9. The Balaban J connectivity index is 2.01. The number of carbonyl (C=O) groups excluding carboxylic acids is 1. The minimum absolute atomic E-state index is 0.0355. The van der Waals surface area contributed by atoms with E-state index < -0.39 is 0 Å². The third-order valence-corrected chi connectivity index (χ3v) is 3.51. The second-order valence-corrected chi connectivity index (χ2v) is 4.91. The van der Waals surface area contributed by atoms with Crippen molar-refractivity contribution in [1.29, 1.82) is 0 Å². The fourth-order valence-corrected chi connectivity index (χ4v) is 2.31. The zero-order valence-corrected chi connectivity index (χ0v) is 11.4. The first-order valence-corrected chi connectivity index (χ1v) is 6.58. The molecule has 0 bridgehead atoms. The minimum Gasteiger partial charge on any atom is -0.397 e. The number of ether oxygens (including phenoxy) is 1. The smallest absolute Gasteiger partial charge is 0.241 e. The minimum atomic E-state index is -0.196. The number of rotatable bonds is 3. The number of nitrogen functional groups attached to an aromatic ring is 1. The summed E-state index contributed by atoms with van der Waals surface area (Å²) in [6, 6.07) is 7.34. The molecule has 0 saturated carbocycles. The Labute approximate surface area is 113 Å². The van der Waals surface area contributed by atoms with Gasteiger partial charge in [0, 0.05) is 12.6 Å². The Bertz CT molecular complexity index is 450. The van der Waals surface area contributed by atoms with Crippen LogP contribution in [0.25, 0.3) is 0 Å². The molecular weight excluding hydrogens is 242 g/mol. The molecule has 19 heavy (non-hydrogen) atoms. The second kappa shape index (κ2) is 6.04. The van der Waals surface area contributed by atoms with E-state index in [2.05, 4.69) is 17.1 Å². The first kappa shape index (κ1) is 13.8. The molecule has 1 aliphatic rings. The average molecular weight is 263 g/mol. The molecule has 2 rings (SSSR count). The van der Waals surface area contributed by atoms with Gasteiger partial charge in [0.2, 0.25) is 5.91 Å². The van der Waals surface area contributed by atoms with Gasteiger partial charge in [0.15, 0.2) is 0 Å². The molecule has 5 heteroatoms. The maximum absolute atomic E-state index is 12.3. The summed E-state index contributed by atoms with van der Waals surface area (Å²) in [5, 5.41) is 2.88. The van der Waals surface area contributed by atoms with E-state index in [4.69, 9.17) is 10.5 Å². The van der Waals surface area contributed by atoms with E-state index in [0.717, 1.165) is 6.54 Å². The Morgan fingerprint density at radius 3 is 2.95 bits per heavy atom. The number of amides is 1. The number of nitrogens with zero attached hydrogens (tertiary/aromatic N) is 1. The molecule has 1 aliphatic heterocycles. The Morgan fingerprint density at radius 2 is 2.26 bits per heavy atom. The molecule has 1 fully saturated rings. The van der Waals surface area contributed by atoms with Crippen molar-refractivity contribution in [3.63, 3.8) is 0 Å². The van der Waals surface area contributed by atoms with Crippen LogP contribution in [0.4, 0.5) is 11.4 Å². The van der Waals surface area contributed by atoms with Gasteiger partial charge >= 0.3 is 0 Å². The molecule has 0 aliphatic carbocycles. The van der Waals surface area contributed by atoms with Crippen LogP contribution in [-0.2, 0) is 9.53 Å². The predicted molar refractivity (Wildman–Crippen MR) is 75.9 cm³/mol. The van der Waals surface area contributed by atoms with Gasteiger partial charge in [-0.05, 0) is 26.0 Å².